The molecule has 0 atom stereocenters. The Balaban J connectivity index is 1.72. The standard InChI is InChI=1S/C13H15N3OS/c1-10-15-12(9-18-10)7-14-8-13(17)16-11-5-3-2-4-6-11/h2-6,9,14H,7-8H2,1H3,(H,16,17). The molecule has 0 spiro atoms. The zero-order chi connectivity index (χ0) is 12.8. The zero-order valence-electron chi connectivity index (χ0n) is 10.1. The molecule has 0 saturated heterocycles. The molecule has 5 heteroatoms. The second-order valence-electron chi connectivity index (χ2n) is 3.88. The minimum atomic E-state index is -0.0480. The largest absolute Gasteiger partial charge is 0.325 e. The van der Waals surface area contributed by atoms with Gasteiger partial charge in [0.25, 0.3) is 0 Å². The first-order valence-corrected chi connectivity index (χ1v) is 6.58. The predicted octanol–water partition coefficient (Wildman–Crippen LogP) is 2.18. The van der Waals surface area contributed by atoms with E-state index in [1.54, 1.807) is 11.3 Å². The molecule has 1 amide bonds. The van der Waals surface area contributed by atoms with Gasteiger partial charge in [0.05, 0.1) is 17.2 Å². The topological polar surface area (TPSA) is 54.0 Å². The maximum atomic E-state index is 11.6. The van der Waals surface area contributed by atoms with Gasteiger partial charge in [0.2, 0.25) is 5.91 Å². The molecule has 94 valence electrons. The van der Waals surface area contributed by atoms with Crippen molar-refractivity contribution in [1.29, 1.82) is 0 Å². The van der Waals surface area contributed by atoms with Crippen molar-refractivity contribution in [3.05, 3.63) is 46.4 Å². The van der Waals surface area contributed by atoms with Crippen LogP contribution in [-0.2, 0) is 11.3 Å². The fourth-order valence-corrected chi connectivity index (χ4v) is 2.13. The number of aryl methyl sites for hydroxylation is 1. The Morgan fingerprint density at radius 3 is 2.78 bits per heavy atom. The monoisotopic (exact) mass is 261 g/mol. The molecule has 0 bridgehead atoms. The van der Waals surface area contributed by atoms with Gasteiger partial charge in [-0.2, -0.15) is 0 Å². The number of benzene rings is 1. The lowest BCUT2D eigenvalue weighted by atomic mass is 10.3. The fourth-order valence-electron chi connectivity index (χ4n) is 1.52. The molecule has 0 aliphatic heterocycles. The third kappa shape index (κ3) is 3.94. The first kappa shape index (κ1) is 12.7. The van der Waals surface area contributed by atoms with Crippen LogP contribution < -0.4 is 10.6 Å². The summed E-state index contributed by atoms with van der Waals surface area (Å²) in [5, 5.41) is 8.92. The molecule has 2 aromatic rings. The first-order valence-electron chi connectivity index (χ1n) is 5.70. The van der Waals surface area contributed by atoms with Crippen molar-refractivity contribution in [3.8, 4) is 0 Å². The van der Waals surface area contributed by atoms with Crippen molar-refractivity contribution < 1.29 is 4.79 Å². The fraction of sp³-hybridized carbons (Fsp3) is 0.231. The molecule has 2 rings (SSSR count). The first-order chi connectivity index (χ1) is 8.74. The lowest BCUT2D eigenvalue weighted by molar-refractivity contribution is -0.115. The third-order valence-electron chi connectivity index (χ3n) is 2.32. The van der Waals surface area contributed by atoms with Crippen LogP contribution in [0, 0.1) is 6.92 Å². The van der Waals surface area contributed by atoms with Crippen LogP contribution in [0.25, 0.3) is 0 Å². The van der Waals surface area contributed by atoms with Gasteiger partial charge in [-0.15, -0.1) is 11.3 Å². The van der Waals surface area contributed by atoms with Crippen LogP contribution in [0.15, 0.2) is 35.7 Å². The van der Waals surface area contributed by atoms with Crippen molar-refractivity contribution >= 4 is 22.9 Å². The van der Waals surface area contributed by atoms with Crippen molar-refractivity contribution in [2.24, 2.45) is 0 Å². The number of hydrogen-bond acceptors (Lipinski definition) is 4. The average Bonchev–Trinajstić information content (AvgIpc) is 2.76. The Morgan fingerprint density at radius 2 is 2.11 bits per heavy atom. The van der Waals surface area contributed by atoms with Gasteiger partial charge in [0.1, 0.15) is 0 Å². The predicted molar refractivity (Wildman–Crippen MR) is 73.6 cm³/mol. The summed E-state index contributed by atoms with van der Waals surface area (Å²) in [7, 11) is 0. The highest BCUT2D eigenvalue weighted by molar-refractivity contribution is 7.09. The molecule has 1 heterocycles. The number of nitrogens with zero attached hydrogens (tertiary/aromatic N) is 1. The summed E-state index contributed by atoms with van der Waals surface area (Å²) in [6, 6.07) is 9.42. The van der Waals surface area contributed by atoms with Crippen LogP contribution >= 0.6 is 11.3 Å². The highest BCUT2D eigenvalue weighted by atomic mass is 32.1. The van der Waals surface area contributed by atoms with Crippen LogP contribution in [0.4, 0.5) is 5.69 Å². The van der Waals surface area contributed by atoms with E-state index in [-0.39, 0.29) is 12.5 Å². The number of carbonyl (C=O) groups is 1. The van der Waals surface area contributed by atoms with E-state index in [4.69, 9.17) is 0 Å². The van der Waals surface area contributed by atoms with Gasteiger partial charge in [0.15, 0.2) is 0 Å². The van der Waals surface area contributed by atoms with E-state index in [0.717, 1.165) is 16.4 Å². The van der Waals surface area contributed by atoms with Crippen molar-refractivity contribution in [2.75, 3.05) is 11.9 Å². The molecule has 0 fully saturated rings. The number of carbonyl (C=O) groups excluding carboxylic acids is 1. The van der Waals surface area contributed by atoms with Gasteiger partial charge >= 0.3 is 0 Å². The Hall–Kier alpha value is -1.72. The molecule has 0 radical (unpaired) electrons. The Labute approximate surface area is 110 Å². The minimum Gasteiger partial charge on any atom is -0.325 e. The lowest BCUT2D eigenvalue weighted by Gasteiger charge is -2.05. The smallest absolute Gasteiger partial charge is 0.238 e. The van der Waals surface area contributed by atoms with Gasteiger partial charge in [-0.3, -0.25) is 4.79 Å². The number of rotatable bonds is 5. The molecule has 0 saturated carbocycles. The highest BCUT2D eigenvalue weighted by Gasteiger charge is 2.02. The summed E-state index contributed by atoms with van der Waals surface area (Å²) >= 11 is 1.61. The van der Waals surface area contributed by atoms with E-state index < -0.39 is 0 Å². The molecule has 0 aliphatic carbocycles. The molecule has 1 aromatic heterocycles. The molecule has 1 aromatic carbocycles. The summed E-state index contributed by atoms with van der Waals surface area (Å²) in [6.07, 6.45) is 0. The SMILES string of the molecule is Cc1nc(CNCC(=O)Nc2ccccc2)cs1. The number of thiazole rings is 1. The molecular weight excluding hydrogens is 246 g/mol. The summed E-state index contributed by atoms with van der Waals surface area (Å²) in [5.74, 6) is -0.0480. The highest BCUT2D eigenvalue weighted by Crippen LogP contribution is 2.07. The molecule has 2 N–H and O–H groups in total. The number of aromatic nitrogens is 1. The van der Waals surface area contributed by atoms with Crippen LogP contribution in [0.2, 0.25) is 0 Å². The Kier molecular flexibility index (Phi) is 4.44. The summed E-state index contributed by atoms with van der Waals surface area (Å²) in [5.41, 5.74) is 1.79. The second kappa shape index (κ2) is 6.28. The van der Waals surface area contributed by atoms with Crippen LogP contribution in [0.5, 0.6) is 0 Å². The summed E-state index contributed by atoms with van der Waals surface area (Å²) in [6.45, 7) is 2.87. The normalized spacial score (nSPS) is 10.3. The van der Waals surface area contributed by atoms with Gasteiger partial charge in [-0.25, -0.2) is 4.98 Å². The van der Waals surface area contributed by atoms with E-state index >= 15 is 0 Å². The van der Waals surface area contributed by atoms with Crippen LogP contribution in [-0.4, -0.2) is 17.4 Å². The molecular formula is C13H15N3OS. The number of hydrogen-bond donors (Lipinski definition) is 2. The molecule has 0 unspecified atom stereocenters. The van der Waals surface area contributed by atoms with Gasteiger partial charge in [0, 0.05) is 17.6 Å². The average molecular weight is 261 g/mol. The second-order valence-corrected chi connectivity index (χ2v) is 4.94. The number of amides is 1. The van der Waals surface area contributed by atoms with Gasteiger partial charge < -0.3 is 10.6 Å². The van der Waals surface area contributed by atoms with E-state index in [2.05, 4.69) is 15.6 Å². The van der Waals surface area contributed by atoms with Crippen molar-refractivity contribution in [1.82, 2.24) is 10.3 Å². The molecule has 4 nitrogen and oxygen atoms in total. The van der Waals surface area contributed by atoms with Crippen molar-refractivity contribution in [3.63, 3.8) is 0 Å². The minimum absolute atomic E-state index is 0.0480. The Bertz CT molecular complexity index is 510. The van der Waals surface area contributed by atoms with E-state index in [1.165, 1.54) is 0 Å². The van der Waals surface area contributed by atoms with Crippen molar-refractivity contribution in [2.45, 2.75) is 13.5 Å². The maximum absolute atomic E-state index is 11.6. The maximum Gasteiger partial charge on any atom is 0.238 e. The Morgan fingerprint density at radius 1 is 1.33 bits per heavy atom. The number of para-hydroxylation sites is 1. The lowest BCUT2D eigenvalue weighted by Crippen LogP contribution is -2.27. The summed E-state index contributed by atoms with van der Waals surface area (Å²) in [4.78, 5) is 15.9. The van der Waals surface area contributed by atoms with Gasteiger partial charge in [-0.05, 0) is 19.1 Å². The molecule has 18 heavy (non-hydrogen) atoms. The number of anilines is 1. The quantitative estimate of drug-likeness (QED) is 0.867. The van der Waals surface area contributed by atoms with E-state index in [0.29, 0.717) is 6.54 Å². The summed E-state index contributed by atoms with van der Waals surface area (Å²) < 4.78 is 0. The number of nitrogens with one attached hydrogen (secondary N) is 2. The van der Waals surface area contributed by atoms with E-state index in [9.17, 15) is 4.79 Å². The molecule has 0 aliphatic rings. The van der Waals surface area contributed by atoms with E-state index in [1.807, 2.05) is 42.6 Å². The van der Waals surface area contributed by atoms with Crippen LogP contribution in [0.1, 0.15) is 10.7 Å². The van der Waals surface area contributed by atoms with Gasteiger partial charge in [-0.1, -0.05) is 18.2 Å². The third-order valence-corrected chi connectivity index (χ3v) is 3.14. The van der Waals surface area contributed by atoms with Crippen LogP contribution in [0.3, 0.4) is 0 Å². The zero-order valence-corrected chi connectivity index (χ0v) is 11.0.